The molecule has 2 aromatic rings. The van der Waals surface area contributed by atoms with E-state index in [4.69, 9.17) is 0 Å². The fraction of sp³-hybridized carbons (Fsp3) is 0.235. The van der Waals surface area contributed by atoms with Gasteiger partial charge in [-0.25, -0.2) is 0 Å². The molecule has 2 rings (SSSR count). The fourth-order valence-corrected chi connectivity index (χ4v) is 3.12. The highest BCUT2D eigenvalue weighted by Gasteiger charge is 2.27. The third-order valence-corrected chi connectivity index (χ3v) is 4.47. The van der Waals surface area contributed by atoms with Crippen molar-refractivity contribution in [1.82, 2.24) is 14.3 Å². The van der Waals surface area contributed by atoms with Gasteiger partial charge >= 0.3 is 0 Å². The third-order valence-electron chi connectivity index (χ3n) is 3.40. The minimum Gasteiger partial charge on any atom is -0.347 e. The first-order valence-electron chi connectivity index (χ1n) is 7.46. The van der Waals surface area contributed by atoms with Crippen LogP contribution in [0.1, 0.15) is 17.2 Å². The topological polar surface area (TPSA) is 78.5 Å². The van der Waals surface area contributed by atoms with Crippen LogP contribution in [-0.2, 0) is 21.5 Å². The lowest BCUT2D eigenvalue weighted by molar-refractivity contribution is -0.130. The molecule has 0 radical (unpaired) electrons. The predicted octanol–water partition coefficient (Wildman–Crippen LogP) is 1.44. The summed E-state index contributed by atoms with van der Waals surface area (Å²) in [6.45, 7) is 0.147. The summed E-state index contributed by atoms with van der Waals surface area (Å²) in [5, 5.41) is 0. The second-order valence-corrected chi connectivity index (χ2v) is 7.04. The van der Waals surface area contributed by atoms with Crippen LogP contribution in [0.5, 0.6) is 0 Å². The summed E-state index contributed by atoms with van der Waals surface area (Å²) < 4.78 is 29.5. The molecule has 0 bridgehead atoms. The number of hydrogen-bond acceptors (Lipinski definition) is 3. The second-order valence-electron chi connectivity index (χ2n) is 5.50. The molecule has 0 aliphatic rings. The summed E-state index contributed by atoms with van der Waals surface area (Å²) in [5.74, 6) is -0.341. The van der Waals surface area contributed by atoms with Crippen molar-refractivity contribution in [1.29, 1.82) is 0 Å². The molecule has 128 valence electrons. The standard InChI is InChI=1S/C17H21N3O3S/c1-20(2)17(21)16(15-11-7-4-8-12-15)19-24(22,23)18-13-14-9-5-3-6-10-14/h3-12,16,18-19H,13H2,1-2H3. The van der Waals surface area contributed by atoms with E-state index in [-0.39, 0.29) is 12.5 Å². The van der Waals surface area contributed by atoms with Crippen molar-refractivity contribution in [3.63, 3.8) is 0 Å². The minimum absolute atomic E-state index is 0.147. The zero-order chi connectivity index (χ0) is 17.6. The van der Waals surface area contributed by atoms with Crippen molar-refractivity contribution < 1.29 is 13.2 Å². The number of benzene rings is 2. The minimum atomic E-state index is -3.85. The summed E-state index contributed by atoms with van der Waals surface area (Å²) >= 11 is 0. The molecule has 1 unspecified atom stereocenters. The van der Waals surface area contributed by atoms with Gasteiger partial charge < -0.3 is 4.90 Å². The molecule has 1 amide bonds. The van der Waals surface area contributed by atoms with Gasteiger partial charge in [-0.3, -0.25) is 4.79 Å². The highest BCUT2D eigenvalue weighted by molar-refractivity contribution is 7.87. The van der Waals surface area contributed by atoms with E-state index in [1.165, 1.54) is 4.90 Å². The van der Waals surface area contributed by atoms with Gasteiger partial charge in [-0.2, -0.15) is 17.9 Å². The van der Waals surface area contributed by atoms with Crippen molar-refractivity contribution in [3.05, 3.63) is 71.8 Å². The molecule has 0 aromatic heterocycles. The van der Waals surface area contributed by atoms with E-state index in [0.717, 1.165) is 5.56 Å². The molecule has 6 nitrogen and oxygen atoms in total. The van der Waals surface area contributed by atoms with Crippen LogP contribution in [0.3, 0.4) is 0 Å². The van der Waals surface area contributed by atoms with Gasteiger partial charge in [0.2, 0.25) is 5.91 Å². The number of rotatable bonds is 7. The Hall–Kier alpha value is -2.22. The van der Waals surface area contributed by atoms with E-state index in [0.29, 0.717) is 5.56 Å². The highest BCUT2D eigenvalue weighted by atomic mass is 32.2. The van der Waals surface area contributed by atoms with Gasteiger partial charge in [0.15, 0.2) is 0 Å². The number of carbonyl (C=O) groups is 1. The Kier molecular flexibility index (Phi) is 6.08. The van der Waals surface area contributed by atoms with Crippen LogP contribution in [0.2, 0.25) is 0 Å². The number of nitrogens with one attached hydrogen (secondary N) is 2. The average Bonchev–Trinajstić information content (AvgIpc) is 2.59. The Morgan fingerprint density at radius 2 is 1.54 bits per heavy atom. The molecule has 0 fully saturated rings. The van der Waals surface area contributed by atoms with Crippen molar-refractivity contribution in [2.24, 2.45) is 0 Å². The van der Waals surface area contributed by atoms with Crippen LogP contribution in [0.15, 0.2) is 60.7 Å². The first kappa shape index (κ1) is 18.1. The zero-order valence-corrected chi connectivity index (χ0v) is 14.5. The summed E-state index contributed by atoms with van der Waals surface area (Å²) in [6.07, 6.45) is 0. The maximum absolute atomic E-state index is 12.4. The molecular formula is C17H21N3O3S. The van der Waals surface area contributed by atoms with Crippen molar-refractivity contribution >= 4 is 16.1 Å². The van der Waals surface area contributed by atoms with Gasteiger partial charge in [0.1, 0.15) is 6.04 Å². The molecule has 0 heterocycles. The predicted molar refractivity (Wildman–Crippen MR) is 93.2 cm³/mol. The Morgan fingerprint density at radius 1 is 1.00 bits per heavy atom. The van der Waals surface area contributed by atoms with Gasteiger partial charge in [0, 0.05) is 20.6 Å². The zero-order valence-electron chi connectivity index (χ0n) is 13.6. The van der Waals surface area contributed by atoms with Crippen LogP contribution in [0, 0.1) is 0 Å². The van der Waals surface area contributed by atoms with E-state index in [2.05, 4.69) is 9.44 Å². The molecule has 7 heteroatoms. The number of carbonyl (C=O) groups excluding carboxylic acids is 1. The SMILES string of the molecule is CN(C)C(=O)C(NS(=O)(=O)NCc1ccccc1)c1ccccc1. The van der Waals surface area contributed by atoms with Gasteiger partial charge in [0.05, 0.1) is 0 Å². The monoisotopic (exact) mass is 347 g/mol. The van der Waals surface area contributed by atoms with E-state index >= 15 is 0 Å². The van der Waals surface area contributed by atoms with E-state index < -0.39 is 16.3 Å². The summed E-state index contributed by atoms with van der Waals surface area (Å²) in [5.41, 5.74) is 1.42. The molecule has 2 aromatic carbocycles. The second kappa shape index (κ2) is 8.05. The first-order chi connectivity index (χ1) is 11.4. The molecule has 0 saturated carbocycles. The molecular weight excluding hydrogens is 326 g/mol. The lowest BCUT2D eigenvalue weighted by atomic mass is 10.1. The van der Waals surface area contributed by atoms with Crippen LogP contribution >= 0.6 is 0 Å². The van der Waals surface area contributed by atoms with Gasteiger partial charge in [0.25, 0.3) is 10.2 Å². The van der Waals surface area contributed by atoms with Gasteiger partial charge in [-0.05, 0) is 11.1 Å². The molecule has 0 aliphatic heterocycles. The fourth-order valence-electron chi connectivity index (χ4n) is 2.14. The quantitative estimate of drug-likeness (QED) is 0.795. The van der Waals surface area contributed by atoms with Crippen molar-refractivity contribution in [2.45, 2.75) is 12.6 Å². The highest BCUT2D eigenvalue weighted by Crippen LogP contribution is 2.15. The Bertz CT molecular complexity index is 762. The number of amides is 1. The lowest BCUT2D eigenvalue weighted by Gasteiger charge is -2.22. The Balaban J connectivity index is 2.14. The third kappa shape index (κ3) is 5.16. The first-order valence-corrected chi connectivity index (χ1v) is 8.94. The smallest absolute Gasteiger partial charge is 0.278 e. The summed E-state index contributed by atoms with van der Waals surface area (Å²) in [4.78, 5) is 13.7. The van der Waals surface area contributed by atoms with Crippen LogP contribution < -0.4 is 9.44 Å². The normalized spacial score (nSPS) is 12.6. The largest absolute Gasteiger partial charge is 0.347 e. The van der Waals surface area contributed by atoms with Crippen molar-refractivity contribution in [2.75, 3.05) is 14.1 Å². The summed E-state index contributed by atoms with van der Waals surface area (Å²) in [7, 11) is -0.679. The summed E-state index contributed by atoms with van der Waals surface area (Å²) in [6, 6.07) is 16.9. The maximum atomic E-state index is 12.4. The molecule has 0 saturated heterocycles. The van der Waals surface area contributed by atoms with E-state index in [1.807, 2.05) is 36.4 Å². The van der Waals surface area contributed by atoms with Gasteiger partial charge in [-0.1, -0.05) is 60.7 Å². The van der Waals surface area contributed by atoms with Gasteiger partial charge in [-0.15, -0.1) is 0 Å². The van der Waals surface area contributed by atoms with Crippen LogP contribution in [0.4, 0.5) is 0 Å². The number of hydrogen-bond donors (Lipinski definition) is 2. The van der Waals surface area contributed by atoms with Crippen LogP contribution in [-0.4, -0.2) is 33.3 Å². The molecule has 0 aliphatic carbocycles. The maximum Gasteiger partial charge on any atom is 0.278 e. The number of nitrogens with zero attached hydrogens (tertiary/aromatic N) is 1. The number of likely N-dealkylation sites (N-methyl/N-ethyl adjacent to an activating group) is 1. The van der Waals surface area contributed by atoms with E-state index in [9.17, 15) is 13.2 Å². The van der Waals surface area contributed by atoms with E-state index in [1.54, 1.807) is 38.4 Å². The Labute approximate surface area is 142 Å². The average molecular weight is 347 g/mol. The lowest BCUT2D eigenvalue weighted by Crippen LogP contribution is -2.44. The van der Waals surface area contributed by atoms with Crippen LogP contribution in [0.25, 0.3) is 0 Å². The molecule has 2 N–H and O–H groups in total. The molecule has 1 atom stereocenters. The molecule has 24 heavy (non-hydrogen) atoms. The van der Waals surface area contributed by atoms with Crippen molar-refractivity contribution in [3.8, 4) is 0 Å². The molecule has 0 spiro atoms. The Morgan fingerprint density at radius 3 is 2.08 bits per heavy atom.